The highest BCUT2D eigenvalue weighted by Gasteiger charge is 2.23. The minimum atomic E-state index is -0.0397. The fourth-order valence-corrected chi connectivity index (χ4v) is 3.08. The Morgan fingerprint density at radius 3 is 2.35 bits per heavy atom. The summed E-state index contributed by atoms with van der Waals surface area (Å²) in [6, 6.07) is 3.50. The summed E-state index contributed by atoms with van der Waals surface area (Å²) >= 11 is 11.9. The summed E-state index contributed by atoms with van der Waals surface area (Å²) in [5.74, 6) is -0.0397. The zero-order valence-corrected chi connectivity index (χ0v) is 13.2. The van der Waals surface area contributed by atoms with Gasteiger partial charge in [-0.2, -0.15) is 0 Å². The first kappa shape index (κ1) is 15.5. The van der Waals surface area contributed by atoms with Crippen LogP contribution < -0.4 is 5.73 Å². The third-order valence-electron chi connectivity index (χ3n) is 4.00. The lowest BCUT2D eigenvalue weighted by Crippen LogP contribution is -2.36. The number of benzene rings is 1. The van der Waals surface area contributed by atoms with Crippen molar-refractivity contribution < 1.29 is 4.79 Å². The summed E-state index contributed by atoms with van der Waals surface area (Å²) < 4.78 is 0. The lowest BCUT2D eigenvalue weighted by molar-refractivity contribution is 0.0718. The van der Waals surface area contributed by atoms with Gasteiger partial charge in [0.2, 0.25) is 0 Å². The van der Waals surface area contributed by atoms with E-state index in [0.717, 1.165) is 12.8 Å². The van der Waals surface area contributed by atoms with Gasteiger partial charge in [-0.3, -0.25) is 4.79 Å². The molecule has 3 nitrogen and oxygen atoms in total. The van der Waals surface area contributed by atoms with Gasteiger partial charge in [0.15, 0.2) is 0 Å². The second-order valence-corrected chi connectivity index (χ2v) is 6.21. The predicted octanol–water partition coefficient (Wildman–Crippen LogP) is 4.37. The molecule has 0 bridgehead atoms. The Labute approximate surface area is 130 Å². The van der Waals surface area contributed by atoms with Gasteiger partial charge in [-0.1, -0.05) is 48.9 Å². The van der Waals surface area contributed by atoms with Gasteiger partial charge in [0.25, 0.3) is 5.91 Å². The SMILES string of the molecule is CN(C(=O)c1cc(N)c(Cl)c(Cl)c1)C1CCCCCC1. The third-order valence-corrected chi connectivity index (χ3v) is 4.81. The number of hydrogen-bond donors (Lipinski definition) is 1. The van der Waals surface area contributed by atoms with E-state index in [0.29, 0.717) is 27.3 Å². The van der Waals surface area contributed by atoms with Crippen LogP contribution in [0.2, 0.25) is 10.0 Å². The van der Waals surface area contributed by atoms with Crippen LogP contribution >= 0.6 is 23.2 Å². The van der Waals surface area contributed by atoms with Crippen molar-refractivity contribution in [2.45, 2.75) is 44.6 Å². The van der Waals surface area contributed by atoms with Crippen LogP contribution in [0.3, 0.4) is 0 Å². The maximum absolute atomic E-state index is 12.5. The highest BCUT2D eigenvalue weighted by molar-refractivity contribution is 6.43. The number of nitrogens with two attached hydrogens (primary N) is 1. The third kappa shape index (κ3) is 3.39. The minimum absolute atomic E-state index is 0.0397. The van der Waals surface area contributed by atoms with Crippen molar-refractivity contribution in [3.05, 3.63) is 27.7 Å². The molecule has 0 heterocycles. The number of anilines is 1. The lowest BCUT2D eigenvalue weighted by Gasteiger charge is -2.27. The van der Waals surface area contributed by atoms with Crippen molar-refractivity contribution in [2.75, 3.05) is 12.8 Å². The van der Waals surface area contributed by atoms with Crippen LogP contribution in [0.5, 0.6) is 0 Å². The molecule has 1 saturated carbocycles. The molecule has 1 aliphatic carbocycles. The molecule has 1 fully saturated rings. The van der Waals surface area contributed by atoms with E-state index in [-0.39, 0.29) is 5.91 Å². The highest BCUT2D eigenvalue weighted by Crippen LogP contribution is 2.30. The zero-order valence-electron chi connectivity index (χ0n) is 11.7. The number of hydrogen-bond acceptors (Lipinski definition) is 2. The Hall–Kier alpha value is -0.930. The summed E-state index contributed by atoms with van der Waals surface area (Å²) in [5, 5.41) is 0.629. The average molecular weight is 315 g/mol. The molecule has 1 aromatic carbocycles. The molecule has 1 aliphatic rings. The van der Waals surface area contributed by atoms with Crippen molar-refractivity contribution in [1.29, 1.82) is 0 Å². The summed E-state index contributed by atoms with van der Waals surface area (Å²) in [5.41, 5.74) is 6.62. The van der Waals surface area contributed by atoms with E-state index in [1.807, 2.05) is 11.9 Å². The predicted molar refractivity (Wildman–Crippen MR) is 84.5 cm³/mol. The molecular formula is C15H20Cl2N2O. The molecule has 0 atom stereocenters. The Balaban J connectivity index is 2.17. The quantitative estimate of drug-likeness (QED) is 0.650. The summed E-state index contributed by atoms with van der Waals surface area (Å²) in [6.07, 6.45) is 7.03. The van der Waals surface area contributed by atoms with Gasteiger partial charge < -0.3 is 10.6 Å². The van der Waals surface area contributed by atoms with Crippen LogP contribution in [-0.2, 0) is 0 Å². The van der Waals surface area contributed by atoms with Crippen LogP contribution in [0, 0.1) is 0 Å². The normalized spacial score (nSPS) is 16.8. The number of carbonyl (C=O) groups excluding carboxylic acids is 1. The summed E-state index contributed by atoms with van der Waals surface area (Å²) in [6.45, 7) is 0. The van der Waals surface area contributed by atoms with Crippen LogP contribution in [0.1, 0.15) is 48.9 Å². The fraction of sp³-hybridized carbons (Fsp3) is 0.533. The van der Waals surface area contributed by atoms with E-state index in [4.69, 9.17) is 28.9 Å². The van der Waals surface area contributed by atoms with Crippen LogP contribution in [0.25, 0.3) is 0 Å². The molecule has 5 heteroatoms. The first-order valence-electron chi connectivity index (χ1n) is 7.02. The Kier molecular flexibility index (Phi) is 5.17. The molecule has 0 radical (unpaired) electrons. The van der Waals surface area contributed by atoms with Gasteiger partial charge in [-0.05, 0) is 25.0 Å². The molecular weight excluding hydrogens is 295 g/mol. The monoisotopic (exact) mass is 314 g/mol. The van der Waals surface area contributed by atoms with Crippen molar-refractivity contribution in [2.24, 2.45) is 0 Å². The van der Waals surface area contributed by atoms with E-state index in [9.17, 15) is 4.79 Å². The van der Waals surface area contributed by atoms with Gasteiger partial charge in [0.1, 0.15) is 0 Å². The first-order chi connectivity index (χ1) is 9.50. The molecule has 20 heavy (non-hydrogen) atoms. The van der Waals surface area contributed by atoms with Gasteiger partial charge in [0.05, 0.1) is 15.7 Å². The number of rotatable bonds is 2. The molecule has 1 aromatic rings. The second kappa shape index (κ2) is 6.68. The molecule has 0 aliphatic heterocycles. The van der Waals surface area contributed by atoms with E-state index < -0.39 is 0 Å². The van der Waals surface area contributed by atoms with Gasteiger partial charge in [0, 0.05) is 18.7 Å². The van der Waals surface area contributed by atoms with E-state index in [2.05, 4.69) is 0 Å². The standard InChI is InChI=1S/C15H20Cl2N2O/c1-19(11-6-4-2-3-5-7-11)15(20)10-8-12(16)14(17)13(18)9-10/h8-9,11H,2-7,18H2,1H3. The van der Waals surface area contributed by atoms with Crippen molar-refractivity contribution >= 4 is 34.8 Å². The number of carbonyl (C=O) groups is 1. The van der Waals surface area contributed by atoms with Crippen LogP contribution in [-0.4, -0.2) is 23.9 Å². The molecule has 1 amide bonds. The molecule has 2 rings (SSSR count). The zero-order chi connectivity index (χ0) is 14.7. The van der Waals surface area contributed by atoms with Gasteiger partial charge >= 0.3 is 0 Å². The molecule has 0 unspecified atom stereocenters. The smallest absolute Gasteiger partial charge is 0.253 e. The fourth-order valence-electron chi connectivity index (χ4n) is 2.75. The van der Waals surface area contributed by atoms with E-state index in [1.54, 1.807) is 12.1 Å². The highest BCUT2D eigenvalue weighted by atomic mass is 35.5. The largest absolute Gasteiger partial charge is 0.397 e. The summed E-state index contributed by atoms with van der Waals surface area (Å²) in [7, 11) is 1.86. The topological polar surface area (TPSA) is 46.3 Å². The number of halogens is 2. The van der Waals surface area contributed by atoms with E-state index >= 15 is 0 Å². The number of nitrogens with zero attached hydrogens (tertiary/aromatic N) is 1. The molecule has 110 valence electrons. The first-order valence-corrected chi connectivity index (χ1v) is 7.78. The Morgan fingerprint density at radius 2 is 1.80 bits per heavy atom. The lowest BCUT2D eigenvalue weighted by atomic mass is 10.1. The minimum Gasteiger partial charge on any atom is -0.397 e. The number of amides is 1. The van der Waals surface area contributed by atoms with Crippen LogP contribution in [0.4, 0.5) is 5.69 Å². The van der Waals surface area contributed by atoms with Gasteiger partial charge in [-0.25, -0.2) is 0 Å². The molecule has 0 spiro atoms. The van der Waals surface area contributed by atoms with Crippen molar-refractivity contribution in [3.8, 4) is 0 Å². The van der Waals surface area contributed by atoms with E-state index in [1.165, 1.54) is 25.7 Å². The summed E-state index contributed by atoms with van der Waals surface area (Å²) in [4.78, 5) is 14.4. The molecule has 2 N–H and O–H groups in total. The number of nitrogen functional groups attached to an aromatic ring is 1. The maximum atomic E-state index is 12.5. The Bertz CT molecular complexity index is 474. The second-order valence-electron chi connectivity index (χ2n) is 5.42. The van der Waals surface area contributed by atoms with Crippen LogP contribution in [0.15, 0.2) is 12.1 Å². The van der Waals surface area contributed by atoms with Gasteiger partial charge in [-0.15, -0.1) is 0 Å². The van der Waals surface area contributed by atoms with Crippen molar-refractivity contribution in [3.63, 3.8) is 0 Å². The molecule has 0 saturated heterocycles. The van der Waals surface area contributed by atoms with Crippen molar-refractivity contribution in [1.82, 2.24) is 4.90 Å². The average Bonchev–Trinajstić information content (AvgIpc) is 2.71. The molecule has 0 aromatic heterocycles. The maximum Gasteiger partial charge on any atom is 0.253 e. The Morgan fingerprint density at radius 1 is 1.20 bits per heavy atom.